The minimum atomic E-state index is -0.612. The van der Waals surface area contributed by atoms with Gasteiger partial charge in [0.25, 0.3) is 0 Å². The molecule has 0 amide bonds. The summed E-state index contributed by atoms with van der Waals surface area (Å²) in [6, 6.07) is 5.31. The average Bonchev–Trinajstić information content (AvgIpc) is 2.77. The number of halogens is 1. The third-order valence-corrected chi connectivity index (χ3v) is 3.22. The normalized spacial score (nSPS) is 10.4. The van der Waals surface area contributed by atoms with E-state index in [2.05, 4.69) is 25.7 Å². The van der Waals surface area contributed by atoms with Gasteiger partial charge < -0.3 is 14.5 Å². The van der Waals surface area contributed by atoms with E-state index < -0.39 is 11.9 Å². The zero-order valence-corrected chi connectivity index (χ0v) is 11.3. The summed E-state index contributed by atoms with van der Waals surface area (Å²) in [5.41, 5.74) is 0.921. The molecular formula is C12H10BrNO4. The summed E-state index contributed by atoms with van der Waals surface area (Å²) < 4.78 is 10.1. The molecule has 1 aromatic carbocycles. The third-order valence-electron chi connectivity index (χ3n) is 2.56. The van der Waals surface area contributed by atoms with Crippen molar-refractivity contribution in [2.75, 3.05) is 14.2 Å². The van der Waals surface area contributed by atoms with Crippen molar-refractivity contribution in [1.29, 1.82) is 0 Å². The number of nitrogens with one attached hydrogen (secondary N) is 1. The van der Waals surface area contributed by atoms with Gasteiger partial charge in [-0.3, -0.25) is 0 Å². The molecule has 5 nitrogen and oxygen atoms in total. The zero-order valence-electron chi connectivity index (χ0n) is 9.74. The summed E-state index contributed by atoms with van der Waals surface area (Å²) in [6.45, 7) is 0. The summed E-state index contributed by atoms with van der Waals surface area (Å²) in [7, 11) is 2.52. The lowest BCUT2D eigenvalue weighted by molar-refractivity contribution is 0.0553. The molecule has 0 aliphatic rings. The van der Waals surface area contributed by atoms with Crippen molar-refractivity contribution in [3.63, 3.8) is 0 Å². The molecule has 0 fully saturated rings. The van der Waals surface area contributed by atoms with Crippen molar-refractivity contribution in [2.24, 2.45) is 0 Å². The smallest absolute Gasteiger partial charge is 0.355 e. The summed E-state index contributed by atoms with van der Waals surface area (Å²) in [5.74, 6) is -1.20. The van der Waals surface area contributed by atoms with Gasteiger partial charge in [-0.1, -0.05) is 12.1 Å². The number of benzene rings is 1. The molecule has 0 saturated heterocycles. The molecule has 0 atom stereocenters. The molecule has 0 saturated carbocycles. The van der Waals surface area contributed by atoms with Gasteiger partial charge >= 0.3 is 11.9 Å². The fourth-order valence-electron chi connectivity index (χ4n) is 1.75. The van der Waals surface area contributed by atoms with Crippen molar-refractivity contribution >= 4 is 38.8 Å². The second kappa shape index (κ2) is 4.81. The van der Waals surface area contributed by atoms with Crippen LogP contribution in [0.4, 0.5) is 0 Å². The number of rotatable bonds is 2. The zero-order chi connectivity index (χ0) is 13.3. The highest BCUT2D eigenvalue weighted by atomic mass is 79.9. The van der Waals surface area contributed by atoms with Crippen molar-refractivity contribution < 1.29 is 19.1 Å². The second-order valence-corrected chi connectivity index (χ2v) is 4.37. The van der Waals surface area contributed by atoms with Crippen LogP contribution in [-0.2, 0) is 9.47 Å². The monoisotopic (exact) mass is 311 g/mol. The molecule has 0 aliphatic carbocycles. The van der Waals surface area contributed by atoms with E-state index in [9.17, 15) is 9.59 Å². The Labute approximate surface area is 111 Å². The Morgan fingerprint density at radius 2 is 1.83 bits per heavy atom. The number of para-hydroxylation sites is 1. The SMILES string of the molecule is COC(=O)c1[nH]c2c(Br)cccc2c1C(=O)OC. The Kier molecular flexibility index (Phi) is 3.38. The lowest BCUT2D eigenvalue weighted by atomic mass is 10.1. The fourth-order valence-corrected chi connectivity index (χ4v) is 2.22. The summed E-state index contributed by atoms with van der Waals surface area (Å²) in [5, 5.41) is 0.608. The average molecular weight is 312 g/mol. The van der Waals surface area contributed by atoms with E-state index >= 15 is 0 Å². The van der Waals surface area contributed by atoms with Crippen LogP contribution < -0.4 is 0 Å². The molecule has 1 heterocycles. The first-order valence-corrected chi connectivity index (χ1v) is 5.86. The largest absolute Gasteiger partial charge is 0.465 e. The third kappa shape index (κ3) is 1.88. The number of methoxy groups -OCH3 is 2. The predicted molar refractivity (Wildman–Crippen MR) is 68.7 cm³/mol. The number of ether oxygens (including phenoxy) is 2. The van der Waals surface area contributed by atoms with Gasteiger partial charge in [0.15, 0.2) is 0 Å². The van der Waals surface area contributed by atoms with Crippen LogP contribution in [0.2, 0.25) is 0 Å². The number of aromatic amines is 1. The number of fused-ring (bicyclic) bond motifs is 1. The van der Waals surface area contributed by atoms with Crippen molar-refractivity contribution in [3.05, 3.63) is 33.9 Å². The van der Waals surface area contributed by atoms with E-state index in [1.807, 2.05) is 0 Å². The molecule has 2 rings (SSSR count). The van der Waals surface area contributed by atoms with Crippen LogP contribution in [0.1, 0.15) is 20.8 Å². The fraction of sp³-hybridized carbons (Fsp3) is 0.167. The second-order valence-electron chi connectivity index (χ2n) is 3.52. The summed E-state index contributed by atoms with van der Waals surface area (Å²) in [4.78, 5) is 26.3. The Bertz CT molecular complexity index is 632. The number of hydrogen-bond donors (Lipinski definition) is 1. The van der Waals surface area contributed by atoms with Crippen molar-refractivity contribution in [2.45, 2.75) is 0 Å². The Morgan fingerprint density at radius 3 is 2.44 bits per heavy atom. The van der Waals surface area contributed by atoms with Gasteiger partial charge in [0, 0.05) is 9.86 Å². The molecule has 6 heteroatoms. The first-order chi connectivity index (χ1) is 8.60. The number of carbonyl (C=O) groups is 2. The van der Waals surface area contributed by atoms with Crippen LogP contribution >= 0.6 is 15.9 Å². The Balaban J connectivity index is 2.80. The highest BCUT2D eigenvalue weighted by Gasteiger charge is 2.25. The van der Waals surface area contributed by atoms with Crippen LogP contribution in [0.5, 0.6) is 0 Å². The van der Waals surface area contributed by atoms with E-state index in [-0.39, 0.29) is 11.3 Å². The van der Waals surface area contributed by atoms with E-state index in [0.717, 1.165) is 4.47 Å². The topological polar surface area (TPSA) is 68.4 Å². The van der Waals surface area contributed by atoms with Gasteiger partial charge in [0.1, 0.15) is 5.69 Å². The lowest BCUT2D eigenvalue weighted by Crippen LogP contribution is -2.10. The van der Waals surface area contributed by atoms with Crippen molar-refractivity contribution in [3.8, 4) is 0 Å². The van der Waals surface area contributed by atoms with Crippen LogP contribution in [0.15, 0.2) is 22.7 Å². The predicted octanol–water partition coefficient (Wildman–Crippen LogP) is 2.50. The van der Waals surface area contributed by atoms with E-state index in [1.165, 1.54) is 14.2 Å². The van der Waals surface area contributed by atoms with Gasteiger partial charge in [0.2, 0.25) is 0 Å². The van der Waals surface area contributed by atoms with Crippen LogP contribution in [0.3, 0.4) is 0 Å². The molecule has 1 aromatic heterocycles. The highest BCUT2D eigenvalue weighted by molar-refractivity contribution is 9.10. The van der Waals surface area contributed by atoms with Gasteiger partial charge in [-0.2, -0.15) is 0 Å². The maximum absolute atomic E-state index is 11.8. The number of aromatic nitrogens is 1. The van der Waals surface area contributed by atoms with Gasteiger partial charge in [-0.25, -0.2) is 9.59 Å². The summed E-state index contributed by atoms with van der Waals surface area (Å²) in [6.07, 6.45) is 0. The van der Waals surface area contributed by atoms with Gasteiger partial charge in [0.05, 0.1) is 25.3 Å². The maximum atomic E-state index is 11.8. The molecule has 1 N–H and O–H groups in total. The Hall–Kier alpha value is -1.82. The standard InChI is InChI=1S/C12H10BrNO4/c1-17-11(15)8-6-4-3-5-7(13)9(6)14-10(8)12(16)18-2/h3-5,14H,1-2H3. The van der Waals surface area contributed by atoms with E-state index in [0.29, 0.717) is 10.9 Å². The van der Waals surface area contributed by atoms with E-state index in [4.69, 9.17) is 4.74 Å². The Morgan fingerprint density at radius 1 is 1.17 bits per heavy atom. The van der Waals surface area contributed by atoms with Crippen molar-refractivity contribution in [1.82, 2.24) is 4.98 Å². The highest BCUT2D eigenvalue weighted by Crippen LogP contribution is 2.29. The first kappa shape index (κ1) is 12.6. The minimum absolute atomic E-state index is 0.0891. The van der Waals surface area contributed by atoms with Crippen LogP contribution in [-0.4, -0.2) is 31.1 Å². The molecule has 0 aliphatic heterocycles. The quantitative estimate of drug-likeness (QED) is 0.865. The van der Waals surface area contributed by atoms with Gasteiger partial charge in [-0.15, -0.1) is 0 Å². The molecule has 0 bridgehead atoms. The number of esters is 2. The molecule has 18 heavy (non-hydrogen) atoms. The van der Waals surface area contributed by atoms with Crippen LogP contribution in [0.25, 0.3) is 10.9 Å². The summed E-state index contributed by atoms with van der Waals surface area (Å²) >= 11 is 3.35. The molecule has 0 unspecified atom stereocenters. The molecular weight excluding hydrogens is 302 g/mol. The molecule has 0 radical (unpaired) electrons. The first-order valence-electron chi connectivity index (χ1n) is 5.07. The molecule has 2 aromatic rings. The molecule has 94 valence electrons. The van der Waals surface area contributed by atoms with E-state index in [1.54, 1.807) is 18.2 Å². The number of hydrogen-bond acceptors (Lipinski definition) is 4. The van der Waals surface area contributed by atoms with Crippen LogP contribution in [0, 0.1) is 0 Å². The lowest BCUT2D eigenvalue weighted by Gasteiger charge is -2.00. The van der Waals surface area contributed by atoms with Gasteiger partial charge in [-0.05, 0) is 22.0 Å². The number of H-pyrrole nitrogens is 1. The maximum Gasteiger partial charge on any atom is 0.355 e. The minimum Gasteiger partial charge on any atom is -0.465 e. The number of carbonyl (C=O) groups excluding carboxylic acids is 2. The molecule has 0 spiro atoms.